The predicted octanol–water partition coefficient (Wildman–Crippen LogP) is 3.85. The highest BCUT2D eigenvalue weighted by Crippen LogP contribution is 2.15. The molecule has 2 aromatic rings. The molecule has 21 heavy (non-hydrogen) atoms. The summed E-state index contributed by atoms with van der Waals surface area (Å²) < 4.78 is 0. The van der Waals surface area contributed by atoms with E-state index in [0.717, 1.165) is 0 Å². The lowest BCUT2D eigenvalue weighted by Gasteiger charge is -2.01. The molecule has 9 heteroatoms. The number of pyridine rings is 2. The minimum atomic E-state index is -0.483. The molecule has 0 aliphatic rings. The molecule has 0 saturated heterocycles. The van der Waals surface area contributed by atoms with E-state index >= 15 is 0 Å². The third-order valence-corrected chi connectivity index (χ3v) is 2.96. The Hall–Kier alpha value is -1.40. The Labute approximate surface area is 139 Å². The fourth-order valence-electron chi connectivity index (χ4n) is 1.38. The van der Waals surface area contributed by atoms with Crippen LogP contribution in [-0.2, 0) is 0 Å². The Bertz CT molecular complexity index is 680. The fraction of sp³-hybridized carbons (Fsp3) is 0. The van der Waals surface area contributed by atoms with Crippen LogP contribution in [0.3, 0.4) is 0 Å². The fourth-order valence-corrected chi connectivity index (χ4v) is 2.32. The van der Waals surface area contributed by atoms with Gasteiger partial charge in [0.25, 0.3) is 5.91 Å². The molecule has 1 N–H and O–H groups in total. The molecule has 0 spiro atoms. The Kier molecular flexibility index (Phi) is 5.36. The summed E-state index contributed by atoms with van der Waals surface area (Å²) in [5.41, 5.74) is 3.15. The highest BCUT2D eigenvalue weighted by atomic mass is 35.5. The van der Waals surface area contributed by atoms with Crippen molar-refractivity contribution in [2.24, 2.45) is 5.10 Å². The van der Waals surface area contributed by atoms with Crippen molar-refractivity contribution in [3.8, 4) is 0 Å². The lowest BCUT2D eigenvalue weighted by molar-refractivity contribution is 0.0955. The number of halogens is 4. The minimum Gasteiger partial charge on any atom is -0.267 e. The van der Waals surface area contributed by atoms with Crippen molar-refractivity contribution >= 4 is 58.5 Å². The molecule has 0 unspecified atom stereocenters. The van der Waals surface area contributed by atoms with Crippen molar-refractivity contribution in [1.82, 2.24) is 15.4 Å². The third kappa shape index (κ3) is 4.82. The second-order valence-corrected chi connectivity index (χ2v) is 5.30. The van der Waals surface area contributed by atoms with Crippen molar-refractivity contribution in [3.63, 3.8) is 0 Å². The topological polar surface area (TPSA) is 67.2 Å². The van der Waals surface area contributed by atoms with Gasteiger partial charge in [0.15, 0.2) is 0 Å². The van der Waals surface area contributed by atoms with Gasteiger partial charge in [0.05, 0.1) is 6.21 Å². The Morgan fingerprint density at radius 2 is 1.43 bits per heavy atom. The molecule has 2 rings (SSSR count). The van der Waals surface area contributed by atoms with E-state index in [1.807, 2.05) is 0 Å². The van der Waals surface area contributed by atoms with E-state index in [0.29, 0.717) is 5.56 Å². The first-order valence-electron chi connectivity index (χ1n) is 5.43. The molecular weight excluding hydrogens is 358 g/mol. The summed E-state index contributed by atoms with van der Waals surface area (Å²) in [6.45, 7) is 0. The van der Waals surface area contributed by atoms with Crippen molar-refractivity contribution < 1.29 is 4.79 Å². The maximum absolute atomic E-state index is 11.8. The molecular formula is C12H6Cl4N4O. The average molecular weight is 364 g/mol. The highest BCUT2D eigenvalue weighted by Gasteiger charge is 2.07. The normalized spacial score (nSPS) is 10.9. The lowest BCUT2D eigenvalue weighted by Crippen LogP contribution is -2.17. The molecule has 0 bridgehead atoms. The van der Waals surface area contributed by atoms with E-state index in [2.05, 4.69) is 20.5 Å². The van der Waals surface area contributed by atoms with E-state index in [4.69, 9.17) is 46.4 Å². The third-order valence-electron chi connectivity index (χ3n) is 2.19. The molecule has 0 fully saturated rings. The van der Waals surface area contributed by atoms with Gasteiger partial charge in [0, 0.05) is 11.1 Å². The summed E-state index contributed by atoms with van der Waals surface area (Å²) in [6.07, 6.45) is 1.38. The summed E-state index contributed by atoms with van der Waals surface area (Å²) in [7, 11) is 0. The molecule has 0 atom stereocenters. The van der Waals surface area contributed by atoms with Crippen molar-refractivity contribution in [2.45, 2.75) is 0 Å². The van der Waals surface area contributed by atoms with Gasteiger partial charge in [-0.15, -0.1) is 0 Å². The molecule has 0 saturated carbocycles. The van der Waals surface area contributed by atoms with Gasteiger partial charge in [-0.2, -0.15) is 5.10 Å². The van der Waals surface area contributed by atoms with E-state index in [-0.39, 0.29) is 26.2 Å². The Morgan fingerprint density at radius 3 is 1.95 bits per heavy atom. The number of nitrogens with zero attached hydrogens (tertiary/aromatic N) is 3. The summed E-state index contributed by atoms with van der Waals surface area (Å²) in [6, 6.07) is 5.84. The van der Waals surface area contributed by atoms with Gasteiger partial charge in [-0.3, -0.25) is 4.79 Å². The number of carbonyl (C=O) groups is 1. The molecule has 0 aliphatic heterocycles. The summed E-state index contributed by atoms with van der Waals surface area (Å²) in [4.78, 5) is 19.4. The number of hydrogen-bond acceptors (Lipinski definition) is 4. The van der Waals surface area contributed by atoms with Crippen LogP contribution in [0.1, 0.15) is 15.9 Å². The number of aromatic nitrogens is 2. The van der Waals surface area contributed by atoms with E-state index in [9.17, 15) is 4.79 Å². The van der Waals surface area contributed by atoms with Gasteiger partial charge in [0.1, 0.15) is 20.6 Å². The zero-order valence-electron chi connectivity index (χ0n) is 10.1. The van der Waals surface area contributed by atoms with Crippen molar-refractivity contribution in [1.29, 1.82) is 0 Å². The largest absolute Gasteiger partial charge is 0.271 e. The minimum absolute atomic E-state index is 0.115. The monoisotopic (exact) mass is 362 g/mol. The second kappa shape index (κ2) is 7.04. The number of carbonyl (C=O) groups excluding carboxylic acids is 1. The Morgan fingerprint density at radius 1 is 0.952 bits per heavy atom. The van der Waals surface area contributed by atoms with Crippen LogP contribution in [0.2, 0.25) is 20.6 Å². The summed E-state index contributed by atoms with van der Waals surface area (Å²) in [5.74, 6) is -0.483. The standard InChI is InChI=1S/C12H6Cl4N4O/c13-8-1-6(2-9(14)18-8)5-17-20-12(21)7-3-10(15)19-11(16)4-7/h1-5H,(H,20,21). The van der Waals surface area contributed by atoms with Gasteiger partial charge < -0.3 is 0 Å². The average Bonchev–Trinajstić information content (AvgIpc) is 2.36. The van der Waals surface area contributed by atoms with Gasteiger partial charge in [-0.05, 0) is 24.3 Å². The lowest BCUT2D eigenvalue weighted by atomic mass is 10.2. The second-order valence-electron chi connectivity index (χ2n) is 3.75. The quantitative estimate of drug-likeness (QED) is 0.511. The first kappa shape index (κ1) is 16.0. The van der Waals surface area contributed by atoms with Crippen molar-refractivity contribution in [3.05, 3.63) is 56.0 Å². The summed E-state index contributed by atoms with van der Waals surface area (Å²) >= 11 is 22.9. The number of hydrazone groups is 1. The van der Waals surface area contributed by atoms with Crippen LogP contribution >= 0.6 is 46.4 Å². The molecule has 2 heterocycles. The molecule has 0 aromatic carbocycles. The van der Waals surface area contributed by atoms with Gasteiger partial charge in [0.2, 0.25) is 0 Å². The first-order valence-corrected chi connectivity index (χ1v) is 6.95. The summed E-state index contributed by atoms with van der Waals surface area (Å²) in [5, 5.41) is 4.46. The molecule has 108 valence electrons. The van der Waals surface area contributed by atoms with Gasteiger partial charge in [-0.1, -0.05) is 46.4 Å². The van der Waals surface area contributed by atoms with Gasteiger partial charge >= 0.3 is 0 Å². The van der Waals surface area contributed by atoms with Crippen LogP contribution in [0.15, 0.2) is 29.4 Å². The highest BCUT2D eigenvalue weighted by molar-refractivity contribution is 6.33. The zero-order valence-corrected chi connectivity index (χ0v) is 13.2. The zero-order chi connectivity index (χ0) is 15.4. The maximum atomic E-state index is 11.8. The molecule has 2 aromatic heterocycles. The molecule has 5 nitrogen and oxygen atoms in total. The van der Waals surface area contributed by atoms with Crippen LogP contribution in [0.25, 0.3) is 0 Å². The van der Waals surface area contributed by atoms with Crippen LogP contribution in [0.5, 0.6) is 0 Å². The van der Waals surface area contributed by atoms with Crippen LogP contribution in [0.4, 0.5) is 0 Å². The molecule has 0 aliphatic carbocycles. The van der Waals surface area contributed by atoms with Crippen LogP contribution < -0.4 is 5.43 Å². The van der Waals surface area contributed by atoms with Crippen LogP contribution in [0, 0.1) is 0 Å². The predicted molar refractivity (Wildman–Crippen MR) is 83.6 cm³/mol. The molecule has 0 radical (unpaired) electrons. The Balaban J connectivity index is 2.08. The smallest absolute Gasteiger partial charge is 0.267 e. The SMILES string of the molecule is O=C(NN=Cc1cc(Cl)nc(Cl)c1)c1cc(Cl)nc(Cl)c1. The van der Waals surface area contributed by atoms with E-state index in [1.54, 1.807) is 12.1 Å². The maximum Gasteiger partial charge on any atom is 0.271 e. The number of hydrogen-bond donors (Lipinski definition) is 1. The van der Waals surface area contributed by atoms with Crippen LogP contribution in [-0.4, -0.2) is 22.1 Å². The first-order chi connectivity index (χ1) is 9.94. The van der Waals surface area contributed by atoms with E-state index in [1.165, 1.54) is 18.3 Å². The number of nitrogens with one attached hydrogen (secondary N) is 1. The number of amides is 1. The van der Waals surface area contributed by atoms with Crippen molar-refractivity contribution in [2.75, 3.05) is 0 Å². The van der Waals surface area contributed by atoms with E-state index < -0.39 is 5.91 Å². The molecule has 1 amide bonds. The number of rotatable bonds is 3. The van der Waals surface area contributed by atoms with Gasteiger partial charge in [-0.25, -0.2) is 15.4 Å².